The third-order valence-electron chi connectivity index (χ3n) is 4.93. The summed E-state index contributed by atoms with van der Waals surface area (Å²) in [6.45, 7) is 2.18. The minimum absolute atomic E-state index is 0.0879. The number of rotatable bonds is 3. The number of carbonyl (C=O) groups excluding carboxylic acids is 1. The molecule has 0 unspecified atom stereocenters. The van der Waals surface area contributed by atoms with Crippen molar-refractivity contribution in [3.8, 4) is 6.01 Å². The first-order valence-electron chi connectivity index (χ1n) is 8.52. The number of hydrogen-bond donors (Lipinski definition) is 1. The van der Waals surface area contributed by atoms with Crippen LogP contribution in [0.5, 0.6) is 6.01 Å². The SMILES string of the molecule is O=C(NCc1ccccc1)N1CCC2(CC1)Cn1cc([N+](=O)[O-])nc1O2. The molecule has 0 saturated carbocycles. The van der Waals surface area contributed by atoms with E-state index in [2.05, 4.69) is 10.3 Å². The van der Waals surface area contributed by atoms with Crippen molar-refractivity contribution < 1.29 is 14.5 Å². The summed E-state index contributed by atoms with van der Waals surface area (Å²) in [4.78, 5) is 28.3. The lowest BCUT2D eigenvalue weighted by atomic mass is 9.91. The van der Waals surface area contributed by atoms with Gasteiger partial charge in [0.15, 0.2) is 0 Å². The normalized spacial score (nSPS) is 17.6. The number of likely N-dealkylation sites (tertiary alicyclic amines) is 1. The Hall–Kier alpha value is -3.10. The zero-order valence-electron chi connectivity index (χ0n) is 14.1. The summed E-state index contributed by atoms with van der Waals surface area (Å²) in [6, 6.07) is 9.97. The van der Waals surface area contributed by atoms with Gasteiger partial charge in [0.1, 0.15) is 11.8 Å². The number of nitrogens with one attached hydrogen (secondary N) is 1. The lowest BCUT2D eigenvalue weighted by Crippen LogP contribution is -2.51. The minimum atomic E-state index is -0.527. The topological polar surface area (TPSA) is 103 Å². The number of nitro groups is 1. The number of benzene rings is 1. The molecule has 3 heterocycles. The predicted molar refractivity (Wildman–Crippen MR) is 91.7 cm³/mol. The van der Waals surface area contributed by atoms with Crippen LogP contribution in [0.1, 0.15) is 18.4 Å². The molecule has 9 heteroatoms. The maximum Gasteiger partial charge on any atom is 0.415 e. The summed E-state index contributed by atoms with van der Waals surface area (Å²) in [7, 11) is 0. The molecule has 1 aromatic carbocycles. The molecule has 4 rings (SSSR count). The van der Waals surface area contributed by atoms with Crippen molar-refractivity contribution in [2.75, 3.05) is 13.1 Å². The van der Waals surface area contributed by atoms with E-state index in [-0.39, 0.29) is 11.8 Å². The van der Waals surface area contributed by atoms with Crippen molar-refractivity contribution >= 4 is 11.8 Å². The van der Waals surface area contributed by atoms with Crippen LogP contribution in [-0.2, 0) is 13.1 Å². The molecule has 26 heavy (non-hydrogen) atoms. The molecule has 2 aromatic rings. The predicted octanol–water partition coefficient (Wildman–Crippen LogP) is 1.93. The zero-order valence-corrected chi connectivity index (χ0v) is 14.1. The van der Waals surface area contributed by atoms with Gasteiger partial charge in [-0.3, -0.25) is 4.57 Å². The van der Waals surface area contributed by atoms with Gasteiger partial charge in [-0.25, -0.2) is 4.79 Å². The van der Waals surface area contributed by atoms with Crippen molar-refractivity contribution in [2.45, 2.75) is 31.5 Å². The Labute approximate surface area is 149 Å². The maximum absolute atomic E-state index is 12.3. The Morgan fingerprint density at radius 2 is 2.04 bits per heavy atom. The second-order valence-corrected chi connectivity index (χ2v) is 6.68. The summed E-state index contributed by atoms with van der Waals surface area (Å²) >= 11 is 0. The van der Waals surface area contributed by atoms with Crippen LogP contribution in [0.3, 0.4) is 0 Å². The molecule has 1 fully saturated rings. The van der Waals surface area contributed by atoms with Crippen LogP contribution in [0.2, 0.25) is 0 Å². The number of aromatic nitrogens is 2. The Bertz CT molecular complexity index is 801. The van der Waals surface area contributed by atoms with Crippen LogP contribution < -0.4 is 10.1 Å². The molecule has 136 valence electrons. The number of carbonyl (C=O) groups is 1. The maximum atomic E-state index is 12.3. The molecule has 0 bridgehead atoms. The molecule has 0 radical (unpaired) electrons. The molecule has 1 spiro atoms. The summed E-state index contributed by atoms with van der Waals surface area (Å²) < 4.78 is 7.60. The van der Waals surface area contributed by atoms with Crippen molar-refractivity contribution in [3.63, 3.8) is 0 Å². The van der Waals surface area contributed by atoms with E-state index in [0.29, 0.717) is 45.0 Å². The summed E-state index contributed by atoms with van der Waals surface area (Å²) in [6.07, 6.45) is 2.74. The van der Waals surface area contributed by atoms with Gasteiger partial charge in [-0.05, 0) is 10.5 Å². The Balaban J connectivity index is 1.31. The minimum Gasteiger partial charge on any atom is -0.437 e. The summed E-state index contributed by atoms with van der Waals surface area (Å²) in [5, 5.41) is 13.7. The lowest BCUT2D eigenvalue weighted by Gasteiger charge is -2.37. The van der Waals surface area contributed by atoms with Gasteiger partial charge in [0.2, 0.25) is 0 Å². The fraction of sp³-hybridized carbons (Fsp3) is 0.412. The van der Waals surface area contributed by atoms with Crippen molar-refractivity contribution in [1.82, 2.24) is 19.8 Å². The number of nitrogens with zero attached hydrogens (tertiary/aromatic N) is 4. The number of hydrogen-bond acceptors (Lipinski definition) is 5. The van der Waals surface area contributed by atoms with Crippen LogP contribution in [0, 0.1) is 10.1 Å². The largest absolute Gasteiger partial charge is 0.437 e. The summed E-state index contributed by atoms with van der Waals surface area (Å²) in [5.74, 6) is -0.201. The molecule has 0 aliphatic carbocycles. The van der Waals surface area contributed by atoms with Gasteiger partial charge in [0.25, 0.3) is 0 Å². The Morgan fingerprint density at radius 3 is 2.69 bits per heavy atom. The number of fused-ring (bicyclic) bond motifs is 1. The van der Waals surface area contributed by atoms with E-state index < -0.39 is 10.5 Å². The highest BCUT2D eigenvalue weighted by molar-refractivity contribution is 5.74. The second-order valence-electron chi connectivity index (χ2n) is 6.68. The molecule has 1 N–H and O–H groups in total. The first kappa shape index (κ1) is 16.4. The van der Waals surface area contributed by atoms with Gasteiger partial charge in [0, 0.05) is 37.5 Å². The van der Waals surface area contributed by atoms with Gasteiger partial charge < -0.3 is 25.1 Å². The smallest absolute Gasteiger partial charge is 0.415 e. The molecule has 1 aromatic heterocycles. The lowest BCUT2D eigenvalue weighted by molar-refractivity contribution is -0.389. The number of amides is 2. The average molecular weight is 357 g/mol. The molecule has 0 atom stereocenters. The van der Waals surface area contributed by atoms with Crippen LogP contribution in [0.25, 0.3) is 0 Å². The first-order chi connectivity index (χ1) is 12.5. The number of piperidine rings is 1. The molecule has 2 aliphatic heterocycles. The van der Waals surface area contributed by atoms with E-state index in [0.717, 1.165) is 5.56 Å². The number of urea groups is 1. The highest BCUT2D eigenvalue weighted by Gasteiger charge is 2.46. The average Bonchev–Trinajstić information content (AvgIpc) is 3.17. The third-order valence-corrected chi connectivity index (χ3v) is 4.93. The molecule has 1 saturated heterocycles. The Kier molecular flexibility index (Phi) is 3.98. The zero-order chi connectivity index (χ0) is 18.1. The van der Waals surface area contributed by atoms with Gasteiger partial charge in [-0.15, -0.1) is 0 Å². The van der Waals surface area contributed by atoms with E-state index >= 15 is 0 Å². The van der Waals surface area contributed by atoms with E-state index in [1.807, 2.05) is 30.3 Å². The van der Waals surface area contributed by atoms with Gasteiger partial charge in [0.05, 0.1) is 6.54 Å². The van der Waals surface area contributed by atoms with E-state index in [1.165, 1.54) is 6.20 Å². The van der Waals surface area contributed by atoms with Crippen LogP contribution in [0.4, 0.5) is 10.6 Å². The molecular weight excluding hydrogens is 338 g/mol. The fourth-order valence-electron chi connectivity index (χ4n) is 3.47. The monoisotopic (exact) mass is 357 g/mol. The van der Waals surface area contributed by atoms with Crippen LogP contribution in [-0.4, -0.2) is 44.1 Å². The van der Waals surface area contributed by atoms with Crippen molar-refractivity contribution in [1.29, 1.82) is 0 Å². The van der Waals surface area contributed by atoms with E-state index in [1.54, 1.807) is 9.47 Å². The van der Waals surface area contributed by atoms with Crippen molar-refractivity contribution in [2.24, 2.45) is 0 Å². The number of ether oxygens (including phenoxy) is 1. The molecular formula is C17H19N5O4. The highest BCUT2D eigenvalue weighted by Crippen LogP contribution is 2.37. The van der Waals surface area contributed by atoms with Gasteiger partial charge >= 0.3 is 17.9 Å². The van der Waals surface area contributed by atoms with Crippen molar-refractivity contribution in [3.05, 3.63) is 52.2 Å². The standard InChI is InChI=1S/C17H19N5O4/c23-15(18-10-13-4-2-1-3-5-13)20-8-6-17(7-9-20)12-21-11-14(22(24)25)19-16(21)26-17/h1-5,11H,6-10,12H2,(H,18,23). The second kappa shape index (κ2) is 6.32. The van der Waals surface area contributed by atoms with Crippen LogP contribution in [0.15, 0.2) is 36.5 Å². The highest BCUT2D eigenvalue weighted by atomic mass is 16.6. The first-order valence-corrected chi connectivity index (χ1v) is 8.52. The third kappa shape index (κ3) is 3.07. The molecule has 9 nitrogen and oxygen atoms in total. The van der Waals surface area contributed by atoms with Gasteiger partial charge in [-0.1, -0.05) is 30.3 Å². The van der Waals surface area contributed by atoms with Gasteiger partial charge in [-0.2, -0.15) is 0 Å². The quantitative estimate of drug-likeness (QED) is 0.668. The fourth-order valence-corrected chi connectivity index (χ4v) is 3.47. The number of imidazole rings is 1. The van der Waals surface area contributed by atoms with E-state index in [9.17, 15) is 14.9 Å². The summed E-state index contributed by atoms with van der Waals surface area (Å²) in [5.41, 5.74) is 0.633. The molecule has 2 aliphatic rings. The Morgan fingerprint density at radius 1 is 1.31 bits per heavy atom. The van der Waals surface area contributed by atoms with E-state index in [4.69, 9.17) is 4.74 Å². The van der Waals surface area contributed by atoms with Crippen LogP contribution >= 0.6 is 0 Å². The molecule has 2 amide bonds.